The number of carbonyl (C=O) groups excluding carboxylic acids is 2. The number of rotatable bonds is 7. The Bertz CT molecular complexity index is 1750. The highest BCUT2D eigenvalue weighted by Gasteiger charge is 2.39. The number of aryl methyl sites for hydroxylation is 2. The van der Waals surface area contributed by atoms with E-state index in [4.69, 9.17) is 0 Å². The third-order valence-corrected chi connectivity index (χ3v) is 9.43. The second-order valence-corrected chi connectivity index (χ2v) is 12.6. The number of anilines is 3. The number of alkyl halides is 3. The van der Waals surface area contributed by atoms with Crippen molar-refractivity contribution in [2.24, 2.45) is 5.92 Å². The molecule has 2 aliphatic rings. The molecular weight excluding hydrogens is 605 g/mol. The summed E-state index contributed by atoms with van der Waals surface area (Å²) in [6, 6.07) is 12.1. The quantitative estimate of drug-likeness (QED) is 0.189. The Labute approximate surface area is 261 Å². The number of hydrogen-bond donors (Lipinski definition) is 4. The fourth-order valence-corrected chi connectivity index (χ4v) is 6.81. The average molecular weight is 637 g/mol. The number of carbonyl (C=O) groups is 2. The lowest BCUT2D eigenvalue weighted by molar-refractivity contribution is -0.141. The first kappa shape index (κ1) is 30.7. The van der Waals surface area contributed by atoms with Gasteiger partial charge >= 0.3 is 6.18 Å². The Morgan fingerprint density at radius 1 is 1.11 bits per heavy atom. The lowest BCUT2D eigenvalue weighted by Gasteiger charge is -2.34. The molecule has 4 N–H and O–H groups in total. The number of thiazole rings is 1. The van der Waals surface area contributed by atoms with Gasteiger partial charge in [0.05, 0.1) is 4.88 Å². The number of fused-ring (bicyclic) bond motifs is 1. The molecule has 3 heterocycles. The molecule has 0 atom stereocenters. The van der Waals surface area contributed by atoms with Gasteiger partial charge in [-0.15, -0.1) is 11.3 Å². The highest BCUT2D eigenvalue weighted by atomic mass is 32.1. The van der Waals surface area contributed by atoms with Crippen LogP contribution in [0.25, 0.3) is 10.4 Å². The largest absolute Gasteiger partial charge is 0.433 e. The fraction of sp³-hybridized carbons (Fsp3) is 0.344. The van der Waals surface area contributed by atoms with Gasteiger partial charge in [-0.1, -0.05) is 18.2 Å². The smallest absolute Gasteiger partial charge is 0.383 e. The predicted octanol–water partition coefficient (Wildman–Crippen LogP) is 6.25. The summed E-state index contributed by atoms with van der Waals surface area (Å²) in [5.41, 5.74) is 2.76. The van der Waals surface area contributed by atoms with Gasteiger partial charge in [0.15, 0.2) is 0 Å². The first-order chi connectivity index (χ1) is 21.4. The molecule has 0 spiro atoms. The van der Waals surface area contributed by atoms with Crippen molar-refractivity contribution in [2.75, 3.05) is 10.6 Å². The van der Waals surface area contributed by atoms with Crippen molar-refractivity contribution in [1.29, 1.82) is 0 Å². The van der Waals surface area contributed by atoms with E-state index < -0.39 is 17.5 Å². The molecular formula is C32H31F3N6O3S. The maximum Gasteiger partial charge on any atom is 0.433 e. The molecule has 2 amide bonds. The molecule has 9 nitrogen and oxygen atoms in total. The number of nitrogens with zero attached hydrogens (tertiary/aromatic N) is 3. The standard InChI is InChI=1S/C32H31F3N6O3S/c1-18-12-22(15-23(13-18)39-30-36-11-8-26(41-30)32(33,34)35)25-17-38-29(45-25)31(44)9-6-21(7-10-31)28(43)37-16-19-2-3-20-4-5-27(42)40-24(20)14-19/h2-3,8,11-15,17,21,44H,4-7,9-10,16H2,1H3,(H,37,43)(H,40,42)(H,36,39,41)/t21-,31-. The molecule has 2 aromatic carbocycles. The van der Waals surface area contributed by atoms with Crippen LogP contribution in [0, 0.1) is 12.8 Å². The SMILES string of the molecule is Cc1cc(Nc2nccc(C(F)(F)F)n2)cc(-c2cnc([C@]3(O)CC[C@H](C(=O)NCc4ccc5c(c4)NC(=O)CC5)CC3)s2)c1. The third-order valence-electron chi connectivity index (χ3n) is 8.19. The van der Waals surface area contributed by atoms with E-state index in [-0.39, 0.29) is 23.7 Å². The molecule has 1 aliphatic carbocycles. The maximum absolute atomic E-state index is 13.1. The van der Waals surface area contributed by atoms with Gasteiger partial charge in [0, 0.05) is 42.7 Å². The van der Waals surface area contributed by atoms with Crippen LogP contribution in [0.3, 0.4) is 0 Å². The van der Waals surface area contributed by atoms with Gasteiger partial charge in [-0.25, -0.2) is 15.0 Å². The minimum Gasteiger partial charge on any atom is -0.383 e. The molecule has 0 radical (unpaired) electrons. The maximum atomic E-state index is 13.1. The molecule has 4 aromatic rings. The Hall–Kier alpha value is -4.36. The van der Waals surface area contributed by atoms with E-state index in [9.17, 15) is 27.9 Å². The van der Waals surface area contributed by atoms with Crippen molar-refractivity contribution in [3.8, 4) is 10.4 Å². The van der Waals surface area contributed by atoms with E-state index in [0.717, 1.165) is 45.1 Å². The van der Waals surface area contributed by atoms with Crippen molar-refractivity contribution in [1.82, 2.24) is 20.3 Å². The van der Waals surface area contributed by atoms with Crippen LogP contribution in [-0.4, -0.2) is 31.9 Å². The zero-order valence-corrected chi connectivity index (χ0v) is 25.2. The number of halogens is 3. The van der Waals surface area contributed by atoms with Gasteiger partial charge in [-0.3, -0.25) is 9.59 Å². The molecule has 2 aromatic heterocycles. The van der Waals surface area contributed by atoms with E-state index in [1.165, 1.54) is 11.3 Å². The van der Waals surface area contributed by atoms with E-state index in [2.05, 4.69) is 30.9 Å². The highest BCUT2D eigenvalue weighted by Crippen LogP contribution is 2.43. The second-order valence-electron chi connectivity index (χ2n) is 11.6. The first-order valence-electron chi connectivity index (χ1n) is 14.6. The molecule has 0 saturated heterocycles. The van der Waals surface area contributed by atoms with E-state index >= 15 is 0 Å². The summed E-state index contributed by atoms with van der Waals surface area (Å²) in [6.07, 6.45) is 1.13. The molecule has 1 saturated carbocycles. The number of aromatic nitrogens is 3. The van der Waals surface area contributed by atoms with Gasteiger partial charge in [0.1, 0.15) is 16.3 Å². The van der Waals surface area contributed by atoms with Crippen molar-refractivity contribution < 1.29 is 27.9 Å². The summed E-state index contributed by atoms with van der Waals surface area (Å²) in [7, 11) is 0. The van der Waals surface area contributed by atoms with Crippen LogP contribution in [0.1, 0.15) is 59.5 Å². The van der Waals surface area contributed by atoms with E-state index in [0.29, 0.717) is 55.8 Å². The van der Waals surface area contributed by atoms with Crippen LogP contribution in [0.4, 0.5) is 30.5 Å². The van der Waals surface area contributed by atoms with Crippen LogP contribution in [0.5, 0.6) is 0 Å². The zero-order chi connectivity index (χ0) is 31.8. The summed E-state index contributed by atoms with van der Waals surface area (Å²) in [4.78, 5) is 37.5. The number of nitrogens with one attached hydrogen (secondary N) is 3. The molecule has 1 fully saturated rings. The van der Waals surface area contributed by atoms with Gasteiger partial charge in [-0.05, 0) is 85.5 Å². The lowest BCUT2D eigenvalue weighted by atomic mass is 9.78. The summed E-state index contributed by atoms with van der Waals surface area (Å²) in [5.74, 6) is -0.471. The van der Waals surface area contributed by atoms with Crippen molar-refractivity contribution >= 4 is 40.5 Å². The Morgan fingerprint density at radius 3 is 2.69 bits per heavy atom. The summed E-state index contributed by atoms with van der Waals surface area (Å²) in [6.45, 7) is 2.22. The van der Waals surface area contributed by atoms with Crippen LogP contribution >= 0.6 is 11.3 Å². The third kappa shape index (κ3) is 6.99. The van der Waals surface area contributed by atoms with Crippen molar-refractivity contribution in [2.45, 2.75) is 63.8 Å². The molecule has 0 bridgehead atoms. The minimum atomic E-state index is -4.58. The lowest BCUT2D eigenvalue weighted by Crippen LogP contribution is -2.38. The van der Waals surface area contributed by atoms with Crippen LogP contribution < -0.4 is 16.0 Å². The monoisotopic (exact) mass is 636 g/mol. The summed E-state index contributed by atoms with van der Waals surface area (Å²) < 4.78 is 39.3. The topological polar surface area (TPSA) is 129 Å². The molecule has 234 valence electrons. The molecule has 1 aliphatic heterocycles. The zero-order valence-electron chi connectivity index (χ0n) is 24.4. The minimum absolute atomic E-state index is 0.00417. The van der Waals surface area contributed by atoms with Crippen molar-refractivity contribution in [3.05, 3.63) is 82.3 Å². The predicted molar refractivity (Wildman–Crippen MR) is 164 cm³/mol. The van der Waals surface area contributed by atoms with Crippen LogP contribution in [0.15, 0.2) is 54.9 Å². The van der Waals surface area contributed by atoms with Gasteiger partial charge in [-0.2, -0.15) is 13.2 Å². The number of aliphatic hydroxyl groups is 1. The number of hydrogen-bond acceptors (Lipinski definition) is 8. The summed E-state index contributed by atoms with van der Waals surface area (Å²) >= 11 is 1.35. The van der Waals surface area contributed by atoms with Crippen molar-refractivity contribution in [3.63, 3.8) is 0 Å². The van der Waals surface area contributed by atoms with Gasteiger partial charge in [0.2, 0.25) is 17.8 Å². The van der Waals surface area contributed by atoms with Gasteiger partial charge < -0.3 is 21.1 Å². The fourth-order valence-electron chi connectivity index (χ4n) is 5.76. The Balaban J connectivity index is 1.07. The number of amides is 2. The highest BCUT2D eigenvalue weighted by molar-refractivity contribution is 7.15. The van der Waals surface area contributed by atoms with Gasteiger partial charge in [0.25, 0.3) is 0 Å². The van der Waals surface area contributed by atoms with E-state index in [1.54, 1.807) is 18.3 Å². The molecule has 45 heavy (non-hydrogen) atoms. The molecule has 6 rings (SSSR count). The Morgan fingerprint density at radius 2 is 1.91 bits per heavy atom. The molecule has 13 heteroatoms. The first-order valence-corrected chi connectivity index (χ1v) is 15.4. The van der Waals surface area contributed by atoms with Crippen LogP contribution in [-0.2, 0) is 34.3 Å². The second kappa shape index (κ2) is 12.2. The van der Waals surface area contributed by atoms with E-state index in [1.807, 2.05) is 31.2 Å². The Kier molecular flexibility index (Phi) is 8.31. The molecule has 0 unspecified atom stereocenters. The number of benzene rings is 2. The summed E-state index contributed by atoms with van der Waals surface area (Å²) in [5, 5.41) is 20.8. The van der Waals surface area contributed by atoms with Crippen LogP contribution in [0.2, 0.25) is 0 Å². The average Bonchev–Trinajstić information content (AvgIpc) is 3.51. The normalized spacial score (nSPS) is 19.8.